The predicted octanol–water partition coefficient (Wildman–Crippen LogP) is 6.37. The smallest absolute Gasteiger partial charge is 0.365 e. The summed E-state index contributed by atoms with van der Waals surface area (Å²) < 4.78 is 54.3. The van der Waals surface area contributed by atoms with E-state index in [0.29, 0.717) is 28.3 Å². The Hall–Kier alpha value is -3.72. The number of nitrogens with zero attached hydrogens (tertiary/aromatic N) is 4. The van der Waals surface area contributed by atoms with Crippen molar-refractivity contribution < 1.29 is 17.6 Å². The van der Waals surface area contributed by atoms with E-state index in [9.17, 15) is 17.6 Å². The Balaban J connectivity index is 1.64. The highest BCUT2D eigenvalue weighted by Crippen LogP contribution is 2.34. The van der Waals surface area contributed by atoms with Crippen molar-refractivity contribution in [2.45, 2.75) is 12.7 Å². The quantitative estimate of drug-likeness (QED) is 0.309. The van der Waals surface area contributed by atoms with Crippen LogP contribution in [0.25, 0.3) is 27.8 Å². The molecule has 0 radical (unpaired) electrons. The van der Waals surface area contributed by atoms with E-state index in [2.05, 4.69) is 20.6 Å². The van der Waals surface area contributed by atoms with Gasteiger partial charge in [-0.15, -0.1) is 5.10 Å². The molecule has 5 aromatic rings. The Morgan fingerprint density at radius 2 is 1.76 bits per heavy atom. The third-order valence-electron chi connectivity index (χ3n) is 5.14. The molecule has 33 heavy (non-hydrogen) atoms. The van der Waals surface area contributed by atoms with Crippen LogP contribution in [0.15, 0.2) is 66.7 Å². The molecule has 1 N–H and O–H groups in total. The number of hydrogen-bond donors (Lipinski definition) is 1. The summed E-state index contributed by atoms with van der Waals surface area (Å²) in [5.74, 6) is 0.103. The second-order valence-electron chi connectivity index (χ2n) is 7.35. The predicted molar refractivity (Wildman–Crippen MR) is 117 cm³/mol. The summed E-state index contributed by atoms with van der Waals surface area (Å²) in [6.07, 6.45) is -4.49. The molecule has 0 saturated carbocycles. The third-order valence-corrected chi connectivity index (χ3v) is 5.38. The molecule has 0 saturated heterocycles. The number of fused-ring (bicyclic) bond motifs is 3. The summed E-state index contributed by atoms with van der Waals surface area (Å²) in [6, 6.07) is 16.0. The van der Waals surface area contributed by atoms with E-state index in [-0.39, 0.29) is 22.7 Å². The second kappa shape index (κ2) is 8.00. The van der Waals surface area contributed by atoms with Crippen LogP contribution in [0.1, 0.15) is 11.1 Å². The SMILES string of the molecule is Fc1ccc(CNc2nc3c(-c4cccc(C(F)(F)F)c4)nnn3c3ccc(Cl)cc23)cc1. The number of anilines is 1. The zero-order valence-electron chi connectivity index (χ0n) is 16.7. The maximum Gasteiger partial charge on any atom is 0.416 e. The average molecular weight is 472 g/mol. The molecule has 166 valence electrons. The molecule has 0 aliphatic rings. The summed E-state index contributed by atoms with van der Waals surface area (Å²) in [5.41, 5.74) is 1.39. The standard InChI is InChI=1S/C23H14ClF4N5/c24-16-6-9-19-18(11-16)21(29-12-13-4-7-17(25)8-5-13)30-22-20(31-32-33(19)22)14-2-1-3-15(10-14)23(26,27)28/h1-11H,12H2,(H,29,30). The third kappa shape index (κ3) is 4.07. The first kappa shape index (κ1) is 21.1. The van der Waals surface area contributed by atoms with Gasteiger partial charge in [0.05, 0.1) is 11.1 Å². The maximum atomic E-state index is 13.2. The number of halogens is 5. The lowest BCUT2D eigenvalue weighted by Gasteiger charge is -2.11. The summed E-state index contributed by atoms with van der Waals surface area (Å²) >= 11 is 6.19. The van der Waals surface area contributed by atoms with Gasteiger partial charge in [-0.3, -0.25) is 0 Å². The van der Waals surface area contributed by atoms with Crippen LogP contribution in [-0.4, -0.2) is 19.8 Å². The molecule has 0 aliphatic heterocycles. The van der Waals surface area contributed by atoms with E-state index in [4.69, 9.17) is 11.6 Å². The Kier molecular flexibility index (Phi) is 5.13. The highest BCUT2D eigenvalue weighted by atomic mass is 35.5. The van der Waals surface area contributed by atoms with Crippen LogP contribution in [0.2, 0.25) is 5.02 Å². The van der Waals surface area contributed by atoms with Gasteiger partial charge in [0.2, 0.25) is 0 Å². The molecule has 0 atom stereocenters. The largest absolute Gasteiger partial charge is 0.416 e. The van der Waals surface area contributed by atoms with Crippen LogP contribution in [0.5, 0.6) is 0 Å². The highest BCUT2D eigenvalue weighted by Gasteiger charge is 2.31. The van der Waals surface area contributed by atoms with Crippen molar-refractivity contribution in [1.82, 2.24) is 19.8 Å². The fourth-order valence-corrected chi connectivity index (χ4v) is 3.71. The van der Waals surface area contributed by atoms with Gasteiger partial charge >= 0.3 is 6.18 Å². The highest BCUT2D eigenvalue weighted by molar-refractivity contribution is 6.31. The van der Waals surface area contributed by atoms with Crippen molar-refractivity contribution in [1.29, 1.82) is 0 Å². The second-order valence-corrected chi connectivity index (χ2v) is 7.79. The van der Waals surface area contributed by atoms with Gasteiger partial charge in [0.1, 0.15) is 17.3 Å². The Morgan fingerprint density at radius 3 is 2.52 bits per heavy atom. The van der Waals surface area contributed by atoms with Gasteiger partial charge in [0.25, 0.3) is 0 Å². The molecule has 0 fully saturated rings. The van der Waals surface area contributed by atoms with Crippen molar-refractivity contribution in [2.24, 2.45) is 0 Å². The minimum absolute atomic E-state index is 0.211. The van der Waals surface area contributed by atoms with Gasteiger partial charge in [-0.1, -0.05) is 41.1 Å². The number of alkyl halides is 3. The molecule has 0 amide bonds. The van der Waals surface area contributed by atoms with E-state index in [1.807, 2.05) is 0 Å². The lowest BCUT2D eigenvalue weighted by molar-refractivity contribution is -0.137. The number of aromatic nitrogens is 4. The van der Waals surface area contributed by atoms with Crippen molar-refractivity contribution in [2.75, 3.05) is 5.32 Å². The minimum atomic E-state index is -4.49. The molecule has 5 nitrogen and oxygen atoms in total. The van der Waals surface area contributed by atoms with Crippen LogP contribution in [-0.2, 0) is 12.7 Å². The Morgan fingerprint density at radius 1 is 0.970 bits per heavy atom. The van der Waals surface area contributed by atoms with E-state index in [1.54, 1.807) is 30.3 Å². The lowest BCUT2D eigenvalue weighted by Crippen LogP contribution is -2.05. The van der Waals surface area contributed by atoms with Crippen LogP contribution in [0, 0.1) is 5.82 Å². The van der Waals surface area contributed by atoms with Crippen LogP contribution in [0.3, 0.4) is 0 Å². The van der Waals surface area contributed by atoms with Crippen LogP contribution >= 0.6 is 11.6 Å². The number of hydrogen-bond acceptors (Lipinski definition) is 4. The monoisotopic (exact) mass is 471 g/mol. The fraction of sp³-hybridized carbons (Fsp3) is 0.0870. The molecule has 5 rings (SSSR count). The van der Waals surface area contributed by atoms with Gasteiger partial charge < -0.3 is 5.32 Å². The molecule has 0 aliphatic carbocycles. The molecule has 0 bridgehead atoms. The lowest BCUT2D eigenvalue weighted by atomic mass is 10.1. The molecule has 2 aromatic heterocycles. The van der Waals surface area contributed by atoms with Crippen LogP contribution in [0.4, 0.5) is 23.4 Å². The van der Waals surface area contributed by atoms with Gasteiger partial charge in [-0.2, -0.15) is 17.7 Å². The molecule has 3 aromatic carbocycles. The Bertz CT molecular complexity index is 1480. The van der Waals surface area contributed by atoms with E-state index < -0.39 is 11.7 Å². The first-order valence-electron chi connectivity index (χ1n) is 9.80. The van der Waals surface area contributed by atoms with Crippen molar-refractivity contribution >= 4 is 34.0 Å². The van der Waals surface area contributed by atoms with Crippen molar-refractivity contribution in [3.63, 3.8) is 0 Å². The number of benzene rings is 3. The molecule has 0 unspecified atom stereocenters. The number of nitrogens with one attached hydrogen (secondary N) is 1. The first-order valence-corrected chi connectivity index (χ1v) is 10.2. The Labute approximate surface area is 189 Å². The fourth-order valence-electron chi connectivity index (χ4n) is 3.54. The average Bonchev–Trinajstić information content (AvgIpc) is 3.22. The van der Waals surface area contributed by atoms with E-state index in [1.165, 1.54) is 28.8 Å². The van der Waals surface area contributed by atoms with Gasteiger partial charge in [-0.25, -0.2) is 9.37 Å². The zero-order chi connectivity index (χ0) is 23.2. The van der Waals surface area contributed by atoms with E-state index in [0.717, 1.165) is 17.7 Å². The summed E-state index contributed by atoms with van der Waals surface area (Å²) in [5, 5.41) is 12.6. The summed E-state index contributed by atoms with van der Waals surface area (Å²) in [6.45, 7) is 0.339. The molecular formula is C23H14ClF4N5. The van der Waals surface area contributed by atoms with Crippen molar-refractivity contribution in [3.05, 3.63) is 88.7 Å². The van der Waals surface area contributed by atoms with E-state index >= 15 is 0 Å². The van der Waals surface area contributed by atoms with Gasteiger partial charge in [0, 0.05) is 22.5 Å². The molecule has 2 heterocycles. The first-order chi connectivity index (χ1) is 15.8. The zero-order valence-corrected chi connectivity index (χ0v) is 17.5. The molecule has 0 spiro atoms. The van der Waals surface area contributed by atoms with Gasteiger partial charge in [-0.05, 0) is 48.0 Å². The summed E-state index contributed by atoms with van der Waals surface area (Å²) in [7, 11) is 0. The van der Waals surface area contributed by atoms with Gasteiger partial charge in [0.15, 0.2) is 5.65 Å². The number of rotatable bonds is 4. The van der Waals surface area contributed by atoms with Crippen LogP contribution < -0.4 is 5.32 Å². The molecular weight excluding hydrogens is 458 g/mol. The maximum absolute atomic E-state index is 13.2. The normalized spacial score (nSPS) is 11.9. The minimum Gasteiger partial charge on any atom is -0.365 e. The molecule has 10 heteroatoms. The van der Waals surface area contributed by atoms with Crippen molar-refractivity contribution in [3.8, 4) is 11.3 Å². The topological polar surface area (TPSA) is 55.1 Å². The summed E-state index contributed by atoms with van der Waals surface area (Å²) in [4.78, 5) is 4.62.